The number of rotatable bonds is 0. The summed E-state index contributed by atoms with van der Waals surface area (Å²) in [6, 6.07) is 0. The summed E-state index contributed by atoms with van der Waals surface area (Å²) in [7, 11) is 2.22. The quantitative estimate of drug-likeness (QED) is 0.595. The lowest BCUT2D eigenvalue weighted by Gasteiger charge is -2.37. The predicted octanol–water partition coefficient (Wildman–Crippen LogP) is 1.67. The Morgan fingerprint density at radius 2 is 1.92 bits per heavy atom. The van der Waals surface area contributed by atoms with E-state index in [9.17, 15) is 0 Å². The van der Waals surface area contributed by atoms with Crippen LogP contribution in [0.25, 0.3) is 0 Å². The van der Waals surface area contributed by atoms with Gasteiger partial charge in [-0.1, -0.05) is 20.8 Å². The van der Waals surface area contributed by atoms with Crippen LogP contribution in [0.1, 0.15) is 33.6 Å². The third kappa shape index (κ3) is 2.46. The minimum absolute atomic E-state index is 0.346. The molecule has 0 saturated carbocycles. The number of nitrogens with one attached hydrogen (secondary N) is 1. The van der Waals surface area contributed by atoms with E-state index in [4.69, 9.17) is 0 Å². The van der Waals surface area contributed by atoms with Crippen LogP contribution in [0, 0.1) is 5.41 Å². The lowest BCUT2D eigenvalue weighted by atomic mass is 9.91. The van der Waals surface area contributed by atoms with Gasteiger partial charge in [0.2, 0.25) is 0 Å². The van der Waals surface area contributed by atoms with Crippen molar-refractivity contribution in [2.45, 2.75) is 39.8 Å². The summed E-state index contributed by atoms with van der Waals surface area (Å²) in [5.41, 5.74) is 0.346. The summed E-state index contributed by atoms with van der Waals surface area (Å²) >= 11 is 0. The Kier molecular flexibility index (Phi) is 3.13. The second-order valence-corrected chi connectivity index (χ2v) is 4.91. The zero-order chi connectivity index (χ0) is 9.19. The fourth-order valence-electron chi connectivity index (χ4n) is 1.98. The van der Waals surface area contributed by atoms with Crippen LogP contribution in [0.2, 0.25) is 0 Å². The predicted molar refractivity (Wildman–Crippen MR) is 53.1 cm³/mol. The highest BCUT2D eigenvalue weighted by molar-refractivity contribution is 4.81. The van der Waals surface area contributed by atoms with Gasteiger partial charge >= 0.3 is 0 Å². The summed E-state index contributed by atoms with van der Waals surface area (Å²) in [6.45, 7) is 9.30. The third-order valence-electron chi connectivity index (χ3n) is 2.54. The van der Waals surface area contributed by atoms with Gasteiger partial charge in [-0.2, -0.15) is 0 Å². The van der Waals surface area contributed by atoms with E-state index in [0.717, 1.165) is 0 Å². The van der Waals surface area contributed by atoms with Crippen molar-refractivity contribution in [2.75, 3.05) is 20.1 Å². The Balaban J connectivity index is 2.59. The lowest BCUT2D eigenvalue weighted by Crippen LogP contribution is -2.50. The monoisotopic (exact) mass is 170 g/mol. The van der Waals surface area contributed by atoms with Crippen LogP contribution in [-0.2, 0) is 0 Å². The Bertz CT molecular complexity index is 137. The first-order chi connectivity index (χ1) is 5.52. The molecule has 1 unspecified atom stereocenters. The van der Waals surface area contributed by atoms with E-state index in [-0.39, 0.29) is 0 Å². The molecule has 0 aromatic rings. The molecule has 0 aromatic heterocycles. The topological polar surface area (TPSA) is 15.3 Å². The third-order valence-corrected chi connectivity index (χ3v) is 2.54. The molecule has 0 amide bonds. The minimum Gasteiger partial charge on any atom is -0.301 e. The Hall–Kier alpha value is -0.0800. The number of hydrogen-bond donors (Lipinski definition) is 1. The van der Waals surface area contributed by atoms with E-state index < -0.39 is 0 Å². The van der Waals surface area contributed by atoms with Gasteiger partial charge in [-0.3, -0.25) is 4.90 Å². The molecule has 1 N–H and O–H groups in total. The maximum Gasteiger partial charge on any atom is 0.0644 e. The van der Waals surface area contributed by atoms with E-state index >= 15 is 0 Å². The molecule has 2 nitrogen and oxygen atoms in total. The maximum absolute atomic E-state index is 3.60. The van der Waals surface area contributed by atoms with Crippen LogP contribution < -0.4 is 5.32 Å². The van der Waals surface area contributed by atoms with E-state index in [0.29, 0.717) is 11.6 Å². The number of hydrogen-bond acceptors (Lipinski definition) is 2. The molecule has 72 valence electrons. The van der Waals surface area contributed by atoms with Gasteiger partial charge in [-0.05, 0) is 38.4 Å². The highest BCUT2D eigenvalue weighted by Crippen LogP contribution is 2.22. The minimum atomic E-state index is 0.346. The number of nitrogens with zero attached hydrogens (tertiary/aromatic N) is 1. The average Bonchev–Trinajstić information content (AvgIpc) is 2.11. The smallest absolute Gasteiger partial charge is 0.0644 e. The van der Waals surface area contributed by atoms with Crippen molar-refractivity contribution in [1.29, 1.82) is 0 Å². The molecule has 0 spiro atoms. The van der Waals surface area contributed by atoms with Crippen LogP contribution in [-0.4, -0.2) is 31.2 Å². The molecule has 1 rings (SSSR count). The van der Waals surface area contributed by atoms with Gasteiger partial charge in [-0.25, -0.2) is 0 Å². The van der Waals surface area contributed by atoms with Crippen LogP contribution in [0.15, 0.2) is 0 Å². The molecule has 1 heterocycles. The molecule has 12 heavy (non-hydrogen) atoms. The van der Waals surface area contributed by atoms with E-state index in [2.05, 4.69) is 38.0 Å². The van der Waals surface area contributed by atoms with Crippen molar-refractivity contribution >= 4 is 0 Å². The van der Waals surface area contributed by atoms with E-state index in [1.165, 1.54) is 25.9 Å². The molecule has 0 aromatic carbocycles. The molecule has 1 aliphatic rings. The SMILES string of the molecule is CN1CCCCNC1C(C)(C)C. The van der Waals surface area contributed by atoms with Crippen molar-refractivity contribution < 1.29 is 0 Å². The zero-order valence-corrected chi connectivity index (χ0v) is 8.85. The van der Waals surface area contributed by atoms with Crippen LogP contribution >= 0.6 is 0 Å². The first-order valence-electron chi connectivity index (χ1n) is 4.95. The summed E-state index contributed by atoms with van der Waals surface area (Å²) in [5.74, 6) is 0. The van der Waals surface area contributed by atoms with E-state index in [1.807, 2.05) is 0 Å². The first kappa shape index (κ1) is 10.0. The normalized spacial score (nSPS) is 28.5. The Labute approximate surface area is 76.3 Å². The molecule has 1 saturated heterocycles. The van der Waals surface area contributed by atoms with Crippen molar-refractivity contribution in [2.24, 2.45) is 5.41 Å². The van der Waals surface area contributed by atoms with Gasteiger partial charge in [0.25, 0.3) is 0 Å². The van der Waals surface area contributed by atoms with Crippen molar-refractivity contribution in [3.05, 3.63) is 0 Å². The molecule has 1 aliphatic heterocycles. The molecule has 1 fully saturated rings. The largest absolute Gasteiger partial charge is 0.301 e. The van der Waals surface area contributed by atoms with Crippen LogP contribution in [0.4, 0.5) is 0 Å². The Morgan fingerprint density at radius 3 is 2.50 bits per heavy atom. The van der Waals surface area contributed by atoms with Gasteiger partial charge in [0.1, 0.15) is 0 Å². The van der Waals surface area contributed by atoms with Gasteiger partial charge in [0.15, 0.2) is 0 Å². The molecule has 2 heteroatoms. The molecular formula is C10H22N2. The van der Waals surface area contributed by atoms with Gasteiger partial charge in [-0.15, -0.1) is 0 Å². The van der Waals surface area contributed by atoms with Gasteiger partial charge < -0.3 is 5.32 Å². The van der Waals surface area contributed by atoms with Crippen LogP contribution in [0.5, 0.6) is 0 Å². The lowest BCUT2D eigenvalue weighted by molar-refractivity contribution is 0.107. The Morgan fingerprint density at radius 1 is 1.25 bits per heavy atom. The molecule has 0 radical (unpaired) electrons. The summed E-state index contributed by atoms with van der Waals surface area (Å²) < 4.78 is 0. The fourth-order valence-corrected chi connectivity index (χ4v) is 1.98. The van der Waals surface area contributed by atoms with Gasteiger partial charge in [0.05, 0.1) is 6.17 Å². The molecule has 0 bridgehead atoms. The second kappa shape index (κ2) is 3.75. The van der Waals surface area contributed by atoms with Gasteiger partial charge in [0, 0.05) is 0 Å². The first-order valence-corrected chi connectivity index (χ1v) is 4.95. The standard InChI is InChI=1S/C10H22N2/c1-10(2,3)9-11-7-5-6-8-12(9)4/h9,11H,5-8H2,1-4H3. The van der Waals surface area contributed by atoms with Crippen molar-refractivity contribution in [3.63, 3.8) is 0 Å². The fraction of sp³-hybridized carbons (Fsp3) is 1.00. The van der Waals surface area contributed by atoms with Crippen molar-refractivity contribution in [3.8, 4) is 0 Å². The highest BCUT2D eigenvalue weighted by Gasteiger charge is 2.28. The second-order valence-electron chi connectivity index (χ2n) is 4.91. The van der Waals surface area contributed by atoms with Crippen molar-refractivity contribution in [1.82, 2.24) is 10.2 Å². The molecule has 0 aliphatic carbocycles. The summed E-state index contributed by atoms with van der Waals surface area (Å²) in [6.07, 6.45) is 3.19. The zero-order valence-electron chi connectivity index (χ0n) is 8.85. The molecule has 1 atom stereocenters. The molecular weight excluding hydrogens is 148 g/mol. The summed E-state index contributed by atoms with van der Waals surface area (Å²) in [5, 5.41) is 3.60. The maximum atomic E-state index is 3.60. The van der Waals surface area contributed by atoms with Crippen LogP contribution in [0.3, 0.4) is 0 Å². The summed E-state index contributed by atoms with van der Waals surface area (Å²) in [4.78, 5) is 2.44. The highest BCUT2D eigenvalue weighted by atomic mass is 15.3. The van der Waals surface area contributed by atoms with E-state index in [1.54, 1.807) is 0 Å². The average molecular weight is 170 g/mol.